The number of nitrogens with zero attached hydrogens (tertiary/aromatic N) is 4. The number of hydrogen-bond acceptors (Lipinski definition) is 5. The summed E-state index contributed by atoms with van der Waals surface area (Å²) in [6.45, 7) is 1.88. The maximum atomic E-state index is 12.5. The molecule has 122 valence electrons. The summed E-state index contributed by atoms with van der Waals surface area (Å²) < 4.78 is 0. The molecule has 1 saturated heterocycles. The van der Waals surface area contributed by atoms with Gasteiger partial charge in [0.2, 0.25) is 5.91 Å². The van der Waals surface area contributed by atoms with Crippen LogP contribution in [0.25, 0.3) is 10.2 Å². The van der Waals surface area contributed by atoms with E-state index in [-0.39, 0.29) is 5.92 Å². The van der Waals surface area contributed by atoms with Gasteiger partial charge in [-0.25, -0.2) is 9.97 Å². The van der Waals surface area contributed by atoms with Crippen molar-refractivity contribution in [3.05, 3.63) is 17.8 Å². The lowest BCUT2D eigenvalue weighted by molar-refractivity contribution is -0.139. The number of aromatic nitrogens is 2. The molecule has 1 saturated carbocycles. The third kappa shape index (κ3) is 2.69. The fraction of sp³-hybridized carbons (Fsp3) is 0.588. The van der Waals surface area contributed by atoms with E-state index in [1.165, 1.54) is 6.42 Å². The first kappa shape index (κ1) is 14.9. The molecular weight excluding hydrogens is 308 g/mol. The predicted octanol–water partition coefficient (Wildman–Crippen LogP) is 2.92. The lowest BCUT2D eigenvalue weighted by Crippen LogP contribution is -2.51. The Morgan fingerprint density at radius 1 is 1.30 bits per heavy atom. The first-order valence-corrected chi connectivity index (χ1v) is 9.32. The Morgan fingerprint density at radius 2 is 2.17 bits per heavy atom. The Labute approximate surface area is 140 Å². The van der Waals surface area contributed by atoms with Crippen molar-refractivity contribution in [3.8, 4) is 0 Å². The van der Waals surface area contributed by atoms with E-state index in [1.807, 2.05) is 11.9 Å². The fourth-order valence-corrected chi connectivity index (χ4v) is 4.34. The van der Waals surface area contributed by atoms with Crippen LogP contribution < -0.4 is 4.90 Å². The molecule has 1 aliphatic carbocycles. The largest absolute Gasteiger partial charge is 0.354 e. The van der Waals surface area contributed by atoms with Crippen LogP contribution in [0.1, 0.15) is 32.1 Å². The number of piperidine rings is 1. The maximum absolute atomic E-state index is 12.5. The molecule has 0 radical (unpaired) electrons. The predicted molar refractivity (Wildman–Crippen MR) is 92.8 cm³/mol. The molecule has 2 fully saturated rings. The van der Waals surface area contributed by atoms with Crippen LogP contribution in [0, 0.1) is 5.92 Å². The standard InChI is InChI=1S/C17H22N4OS/c1-20(17(22)12-4-2-5-12)13-6-3-8-21(10-13)15-14-7-9-23-16(14)19-11-18-15/h7,9,11-13H,2-6,8,10H2,1H3. The van der Waals surface area contributed by atoms with Crippen molar-refractivity contribution in [2.24, 2.45) is 5.92 Å². The number of carbonyl (C=O) groups is 1. The number of hydrogen-bond donors (Lipinski definition) is 0. The monoisotopic (exact) mass is 330 g/mol. The highest BCUT2D eigenvalue weighted by Crippen LogP contribution is 2.32. The van der Waals surface area contributed by atoms with Crippen LogP contribution in [-0.4, -0.2) is 47.0 Å². The molecule has 0 bridgehead atoms. The van der Waals surface area contributed by atoms with Gasteiger partial charge in [0.05, 0.1) is 5.39 Å². The zero-order valence-corrected chi connectivity index (χ0v) is 14.3. The van der Waals surface area contributed by atoms with Crippen molar-refractivity contribution in [1.29, 1.82) is 0 Å². The number of thiophene rings is 1. The van der Waals surface area contributed by atoms with Gasteiger partial charge in [0.1, 0.15) is 17.0 Å². The molecule has 1 amide bonds. The molecule has 2 aliphatic rings. The quantitative estimate of drug-likeness (QED) is 0.868. The van der Waals surface area contributed by atoms with Gasteiger partial charge in [-0.3, -0.25) is 4.79 Å². The maximum Gasteiger partial charge on any atom is 0.225 e. The normalized spacial score (nSPS) is 22.1. The van der Waals surface area contributed by atoms with E-state index >= 15 is 0 Å². The van der Waals surface area contributed by atoms with Gasteiger partial charge in [0.15, 0.2) is 0 Å². The summed E-state index contributed by atoms with van der Waals surface area (Å²) in [6.07, 6.45) is 7.19. The molecular formula is C17H22N4OS. The molecule has 0 aromatic carbocycles. The van der Waals surface area contributed by atoms with E-state index in [4.69, 9.17) is 0 Å². The summed E-state index contributed by atoms with van der Waals surface area (Å²) in [5.74, 6) is 1.63. The first-order chi connectivity index (χ1) is 11.2. The molecule has 23 heavy (non-hydrogen) atoms. The van der Waals surface area contributed by atoms with Crippen molar-refractivity contribution < 1.29 is 4.79 Å². The number of anilines is 1. The summed E-state index contributed by atoms with van der Waals surface area (Å²) in [5, 5.41) is 3.20. The minimum Gasteiger partial charge on any atom is -0.354 e. The second kappa shape index (κ2) is 6.07. The summed E-state index contributed by atoms with van der Waals surface area (Å²) in [7, 11) is 1.98. The number of likely N-dealkylation sites (N-methyl/N-ethyl adjacent to an activating group) is 1. The highest BCUT2D eigenvalue weighted by Gasteiger charge is 2.33. The number of fused-ring (bicyclic) bond motifs is 1. The smallest absolute Gasteiger partial charge is 0.225 e. The van der Waals surface area contributed by atoms with Crippen molar-refractivity contribution in [2.45, 2.75) is 38.1 Å². The Bertz CT molecular complexity index is 711. The first-order valence-electron chi connectivity index (χ1n) is 8.44. The lowest BCUT2D eigenvalue weighted by Gasteiger charge is -2.40. The molecule has 1 atom stereocenters. The van der Waals surface area contributed by atoms with E-state index in [0.717, 1.165) is 54.8 Å². The van der Waals surface area contributed by atoms with Crippen molar-refractivity contribution in [1.82, 2.24) is 14.9 Å². The lowest BCUT2D eigenvalue weighted by atomic mass is 9.84. The highest BCUT2D eigenvalue weighted by atomic mass is 32.1. The van der Waals surface area contributed by atoms with Crippen LogP contribution in [-0.2, 0) is 4.79 Å². The van der Waals surface area contributed by atoms with Gasteiger partial charge in [-0.2, -0.15) is 0 Å². The van der Waals surface area contributed by atoms with E-state index < -0.39 is 0 Å². The van der Waals surface area contributed by atoms with Gasteiger partial charge in [0.25, 0.3) is 0 Å². The van der Waals surface area contributed by atoms with E-state index in [1.54, 1.807) is 17.7 Å². The molecule has 0 spiro atoms. The van der Waals surface area contributed by atoms with Gasteiger partial charge in [-0.05, 0) is 37.1 Å². The fourth-order valence-electron chi connectivity index (χ4n) is 3.62. The molecule has 1 aliphatic heterocycles. The van der Waals surface area contributed by atoms with E-state index in [9.17, 15) is 4.79 Å². The van der Waals surface area contributed by atoms with Crippen LogP contribution in [0.5, 0.6) is 0 Å². The summed E-state index contributed by atoms with van der Waals surface area (Å²) in [4.78, 5) is 26.8. The summed E-state index contributed by atoms with van der Waals surface area (Å²) in [6, 6.07) is 2.39. The Morgan fingerprint density at radius 3 is 2.96 bits per heavy atom. The second-order valence-corrected chi connectivity index (χ2v) is 7.55. The zero-order valence-electron chi connectivity index (χ0n) is 13.4. The molecule has 6 heteroatoms. The van der Waals surface area contributed by atoms with Crippen LogP contribution in [0.15, 0.2) is 17.8 Å². The molecule has 4 rings (SSSR count). The minimum atomic E-state index is 0.276. The molecule has 3 heterocycles. The van der Waals surface area contributed by atoms with Gasteiger partial charge in [-0.1, -0.05) is 6.42 Å². The minimum absolute atomic E-state index is 0.276. The SMILES string of the molecule is CN(C(=O)C1CCC1)C1CCCN(c2ncnc3sccc23)C1. The van der Waals surface area contributed by atoms with Crippen molar-refractivity contribution >= 4 is 33.3 Å². The molecule has 1 unspecified atom stereocenters. The van der Waals surface area contributed by atoms with Gasteiger partial charge < -0.3 is 9.80 Å². The number of rotatable bonds is 3. The van der Waals surface area contributed by atoms with Crippen LogP contribution in [0.2, 0.25) is 0 Å². The Balaban J connectivity index is 1.52. The average Bonchev–Trinajstić information content (AvgIpc) is 3.01. The molecule has 2 aromatic rings. The highest BCUT2D eigenvalue weighted by molar-refractivity contribution is 7.16. The van der Waals surface area contributed by atoms with Crippen LogP contribution in [0.3, 0.4) is 0 Å². The molecule has 2 aromatic heterocycles. The summed E-state index contributed by atoms with van der Waals surface area (Å²) >= 11 is 1.65. The van der Waals surface area contributed by atoms with Gasteiger partial charge in [0, 0.05) is 32.1 Å². The van der Waals surface area contributed by atoms with Gasteiger partial charge in [-0.15, -0.1) is 11.3 Å². The van der Waals surface area contributed by atoms with Crippen LogP contribution >= 0.6 is 11.3 Å². The topological polar surface area (TPSA) is 49.3 Å². The zero-order chi connectivity index (χ0) is 15.8. The average molecular weight is 330 g/mol. The van der Waals surface area contributed by atoms with Crippen molar-refractivity contribution in [3.63, 3.8) is 0 Å². The van der Waals surface area contributed by atoms with Gasteiger partial charge >= 0.3 is 0 Å². The molecule has 0 N–H and O–H groups in total. The second-order valence-electron chi connectivity index (χ2n) is 6.66. The number of amides is 1. The third-order valence-electron chi connectivity index (χ3n) is 5.29. The Hall–Kier alpha value is -1.69. The number of carbonyl (C=O) groups excluding carboxylic acids is 1. The third-order valence-corrected chi connectivity index (χ3v) is 6.11. The Kier molecular flexibility index (Phi) is 3.93. The van der Waals surface area contributed by atoms with Crippen LogP contribution in [0.4, 0.5) is 5.82 Å². The van der Waals surface area contributed by atoms with E-state index in [2.05, 4.69) is 26.3 Å². The van der Waals surface area contributed by atoms with E-state index in [0.29, 0.717) is 11.9 Å². The van der Waals surface area contributed by atoms with Crippen molar-refractivity contribution in [2.75, 3.05) is 25.0 Å². The molecule has 5 nitrogen and oxygen atoms in total. The summed E-state index contributed by atoms with van der Waals surface area (Å²) in [5.41, 5.74) is 0.